The summed E-state index contributed by atoms with van der Waals surface area (Å²) in [4.78, 5) is 8.84. The average Bonchev–Trinajstić information content (AvgIpc) is 2.19. The first-order valence-electron chi connectivity index (χ1n) is 4.87. The Morgan fingerprint density at radius 1 is 1.29 bits per heavy atom. The van der Waals surface area contributed by atoms with Gasteiger partial charge in [0.05, 0.1) is 0 Å². The van der Waals surface area contributed by atoms with Gasteiger partial charge in [-0.15, -0.1) is 0 Å². The molecule has 78 valence electrons. The second-order valence-corrected chi connectivity index (χ2v) is 3.47. The molecule has 0 saturated carbocycles. The van der Waals surface area contributed by atoms with Crippen LogP contribution >= 0.6 is 0 Å². The molecule has 1 heterocycles. The van der Waals surface area contributed by atoms with Crippen LogP contribution < -0.4 is 0 Å². The normalized spacial score (nSPS) is 20.4. The Labute approximate surface area is 85.4 Å². The Kier molecular flexibility index (Phi) is 4.32. The van der Waals surface area contributed by atoms with Crippen LogP contribution in [-0.4, -0.2) is 55.1 Å². The van der Waals surface area contributed by atoms with E-state index in [0.29, 0.717) is 0 Å². The first-order valence-corrected chi connectivity index (χ1v) is 4.87. The van der Waals surface area contributed by atoms with E-state index in [1.807, 2.05) is 6.92 Å². The number of rotatable bonds is 2. The average molecular weight is 194 g/mol. The maximum Gasteiger partial charge on any atom is 0.101 e. The fourth-order valence-electron chi connectivity index (χ4n) is 1.41. The minimum atomic E-state index is 1.04. The molecule has 0 aliphatic carbocycles. The van der Waals surface area contributed by atoms with Gasteiger partial charge in [0.2, 0.25) is 0 Å². The van der Waals surface area contributed by atoms with Crippen LogP contribution in [0, 0.1) is 5.41 Å². The van der Waals surface area contributed by atoms with Crippen molar-refractivity contribution in [1.82, 2.24) is 9.80 Å². The summed E-state index contributed by atoms with van der Waals surface area (Å²) in [6, 6.07) is 0. The van der Waals surface area contributed by atoms with Crippen LogP contribution in [0.15, 0.2) is 17.3 Å². The molecule has 0 aromatic rings. The van der Waals surface area contributed by atoms with Crippen molar-refractivity contribution in [2.24, 2.45) is 4.99 Å². The molecule has 4 nitrogen and oxygen atoms in total. The van der Waals surface area contributed by atoms with Crippen LogP contribution in [-0.2, 0) is 0 Å². The number of allylic oxidation sites excluding steroid dienone is 1. The maximum atomic E-state index is 6.82. The number of nitrogens with zero attached hydrogens (tertiary/aromatic N) is 3. The van der Waals surface area contributed by atoms with Gasteiger partial charge in [0.25, 0.3) is 0 Å². The van der Waals surface area contributed by atoms with Crippen molar-refractivity contribution in [2.75, 3.05) is 33.2 Å². The van der Waals surface area contributed by atoms with Gasteiger partial charge in [-0.05, 0) is 20.0 Å². The van der Waals surface area contributed by atoms with Crippen molar-refractivity contribution in [3.63, 3.8) is 0 Å². The molecule has 1 rings (SSSR count). The van der Waals surface area contributed by atoms with Crippen molar-refractivity contribution in [2.45, 2.75) is 6.92 Å². The Morgan fingerprint density at radius 3 is 2.50 bits per heavy atom. The second kappa shape index (κ2) is 5.54. The SMILES string of the molecule is CC(=N/C=C\C=N)N1CCN(C)CC1. The molecular formula is C10H18N4. The largest absolute Gasteiger partial charge is 0.358 e. The van der Waals surface area contributed by atoms with E-state index < -0.39 is 0 Å². The lowest BCUT2D eigenvalue weighted by Crippen LogP contribution is -2.46. The van der Waals surface area contributed by atoms with Gasteiger partial charge < -0.3 is 15.2 Å². The summed E-state index contributed by atoms with van der Waals surface area (Å²) in [6.07, 6.45) is 4.53. The zero-order chi connectivity index (χ0) is 10.4. The Morgan fingerprint density at radius 2 is 1.93 bits per heavy atom. The zero-order valence-electron chi connectivity index (χ0n) is 8.90. The van der Waals surface area contributed by atoms with E-state index in [-0.39, 0.29) is 0 Å². The molecule has 0 radical (unpaired) electrons. The molecule has 0 atom stereocenters. The predicted molar refractivity (Wildman–Crippen MR) is 60.1 cm³/mol. The van der Waals surface area contributed by atoms with Crippen LogP contribution in [0.1, 0.15) is 6.92 Å². The van der Waals surface area contributed by atoms with Crippen LogP contribution in [0.4, 0.5) is 0 Å². The highest BCUT2D eigenvalue weighted by Crippen LogP contribution is 2.00. The summed E-state index contributed by atoms with van der Waals surface area (Å²) < 4.78 is 0. The summed E-state index contributed by atoms with van der Waals surface area (Å²) in [5, 5.41) is 6.82. The number of aliphatic imine (C=N–C) groups is 1. The molecule has 1 aliphatic heterocycles. The van der Waals surface area contributed by atoms with Crippen molar-refractivity contribution in [3.05, 3.63) is 12.3 Å². The quantitative estimate of drug-likeness (QED) is 0.522. The van der Waals surface area contributed by atoms with Crippen LogP contribution in [0.3, 0.4) is 0 Å². The number of hydrogen-bond donors (Lipinski definition) is 1. The standard InChI is InChI=1S/C10H18N4/c1-10(12-5-3-4-11)14-8-6-13(2)7-9-14/h3-5,11H,6-9H2,1-2H3/b5-3-,11-4?,12-10?. The molecule has 1 fully saturated rings. The summed E-state index contributed by atoms with van der Waals surface area (Å²) in [5.74, 6) is 1.04. The Hall–Kier alpha value is -1.16. The first-order chi connectivity index (χ1) is 6.74. The van der Waals surface area contributed by atoms with E-state index in [1.165, 1.54) is 6.21 Å². The van der Waals surface area contributed by atoms with E-state index in [1.54, 1.807) is 12.3 Å². The van der Waals surface area contributed by atoms with Gasteiger partial charge in [-0.1, -0.05) is 0 Å². The summed E-state index contributed by atoms with van der Waals surface area (Å²) in [6.45, 7) is 6.30. The van der Waals surface area contributed by atoms with Crippen molar-refractivity contribution in [1.29, 1.82) is 5.41 Å². The number of likely N-dealkylation sites (N-methyl/N-ethyl adjacent to an activating group) is 1. The molecule has 1 N–H and O–H groups in total. The van der Waals surface area contributed by atoms with Crippen LogP contribution in [0.2, 0.25) is 0 Å². The van der Waals surface area contributed by atoms with Gasteiger partial charge in [0.15, 0.2) is 0 Å². The van der Waals surface area contributed by atoms with E-state index >= 15 is 0 Å². The second-order valence-electron chi connectivity index (χ2n) is 3.47. The molecule has 0 spiro atoms. The number of hydrogen-bond acceptors (Lipinski definition) is 3. The molecule has 0 aromatic carbocycles. The third-order valence-electron chi connectivity index (χ3n) is 2.40. The lowest BCUT2D eigenvalue weighted by atomic mass is 10.3. The van der Waals surface area contributed by atoms with Gasteiger partial charge >= 0.3 is 0 Å². The molecule has 0 aromatic heterocycles. The summed E-state index contributed by atoms with van der Waals surface area (Å²) in [5.41, 5.74) is 0. The molecular weight excluding hydrogens is 176 g/mol. The number of nitrogens with one attached hydrogen (secondary N) is 1. The van der Waals surface area contributed by atoms with Gasteiger partial charge in [0, 0.05) is 38.6 Å². The maximum absolute atomic E-state index is 6.82. The topological polar surface area (TPSA) is 42.7 Å². The zero-order valence-corrected chi connectivity index (χ0v) is 8.90. The Balaban J connectivity index is 2.44. The third-order valence-corrected chi connectivity index (χ3v) is 2.40. The highest BCUT2D eigenvalue weighted by atomic mass is 15.3. The molecule has 4 heteroatoms. The molecule has 0 unspecified atom stereocenters. The van der Waals surface area contributed by atoms with Crippen LogP contribution in [0.5, 0.6) is 0 Å². The smallest absolute Gasteiger partial charge is 0.101 e. The lowest BCUT2D eigenvalue weighted by molar-refractivity contribution is 0.215. The summed E-state index contributed by atoms with van der Waals surface area (Å²) in [7, 11) is 2.14. The van der Waals surface area contributed by atoms with E-state index in [2.05, 4.69) is 21.8 Å². The predicted octanol–water partition coefficient (Wildman–Crippen LogP) is 0.815. The Bertz CT molecular complexity index is 237. The van der Waals surface area contributed by atoms with Crippen molar-refractivity contribution < 1.29 is 0 Å². The molecule has 14 heavy (non-hydrogen) atoms. The van der Waals surface area contributed by atoms with Crippen LogP contribution in [0.25, 0.3) is 0 Å². The van der Waals surface area contributed by atoms with Gasteiger partial charge in [-0.2, -0.15) is 0 Å². The van der Waals surface area contributed by atoms with Gasteiger partial charge in [0.1, 0.15) is 5.84 Å². The lowest BCUT2D eigenvalue weighted by Gasteiger charge is -2.33. The van der Waals surface area contributed by atoms with E-state index in [4.69, 9.17) is 5.41 Å². The number of piperazine rings is 1. The van der Waals surface area contributed by atoms with Gasteiger partial charge in [-0.25, -0.2) is 4.99 Å². The number of amidine groups is 1. The molecule has 1 saturated heterocycles. The van der Waals surface area contributed by atoms with E-state index in [0.717, 1.165) is 32.0 Å². The van der Waals surface area contributed by atoms with Crippen molar-refractivity contribution in [3.8, 4) is 0 Å². The summed E-state index contributed by atoms with van der Waals surface area (Å²) >= 11 is 0. The van der Waals surface area contributed by atoms with Gasteiger partial charge in [-0.3, -0.25) is 0 Å². The third kappa shape index (κ3) is 3.30. The highest BCUT2D eigenvalue weighted by molar-refractivity contribution is 5.81. The molecule has 0 bridgehead atoms. The minimum absolute atomic E-state index is 1.04. The highest BCUT2D eigenvalue weighted by Gasteiger charge is 2.13. The minimum Gasteiger partial charge on any atom is -0.358 e. The molecule has 1 aliphatic rings. The van der Waals surface area contributed by atoms with E-state index in [9.17, 15) is 0 Å². The monoisotopic (exact) mass is 194 g/mol. The molecule has 0 amide bonds. The first kappa shape index (κ1) is 10.9. The fourth-order valence-corrected chi connectivity index (χ4v) is 1.41. The fraction of sp³-hybridized carbons (Fsp3) is 0.600. The van der Waals surface area contributed by atoms with Crippen molar-refractivity contribution >= 4 is 12.1 Å².